The van der Waals surface area contributed by atoms with Crippen LogP contribution in [0.4, 0.5) is 0 Å². The summed E-state index contributed by atoms with van der Waals surface area (Å²) in [5.41, 5.74) is 5.93. The number of methoxy groups -OCH3 is 4. The Balaban J connectivity index is 0.000000605. The molecule has 0 spiro atoms. The van der Waals surface area contributed by atoms with E-state index in [9.17, 15) is 9.59 Å². The Bertz CT molecular complexity index is 1060. The predicted molar refractivity (Wildman–Crippen MR) is 156 cm³/mol. The van der Waals surface area contributed by atoms with Crippen LogP contribution < -0.4 is 30.0 Å². The van der Waals surface area contributed by atoms with Gasteiger partial charge in [0, 0.05) is 20.0 Å². The van der Waals surface area contributed by atoms with E-state index in [1.807, 2.05) is 41.5 Å². The van der Waals surface area contributed by atoms with Gasteiger partial charge in [-0.15, -0.1) is 0 Å². The van der Waals surface area contributed by atoms with Crippen LogP contribution >= 0.6 is 43.5 Å². The lowest BCUT2D eigenvalue weighted by Crippen LogP contribution is -2.40. The van der Waals surface area contributed by atoms with Crippen LogP contribution in [0, 0.1) is 0 Å². The first-order valence-electron chi connectivity index (χ1n) is 11.0. The van der Waals surface area contributed by atoms with Gasteiger partial charge in [-0.05, 0) is 109 Å². The average Bonchev–Trinajstić information content (AvgIpc) is 2.76. The van der Waals surface area contributed by atoms with E-state index in [2.05, 4.69) is 37.2 Å². The lowest BCUT2D eigenvalue weighted by atomic mass is 10.1. The Morgan fingerprint density at radius 1 is 0.730 bits per heavy atom. The number of hydrogen-bond acceptors (Lipinski definition) is 7. The van der Waals surface area contributed by atoms with E-state index in [4.69, 9.17) is 36.3 Å². The van der Waals surface area contributed by atoms with Gasteiger partial charge >= 0.3 is 0 Å². The van der Waals surface area contributed by atoms with Gasteiger partial charge in [0.15, 0.2) is 23.0 Å². The number of carbonyl (C=O) groups excluding carboxylic acids is 2. The summed E-state index contributed by atoms with van der Waals surface area (Å²) in [7, 11) is 6.11. The second-order valence-corrected chi connectivity index (χ2v) is 11.8. The molecule has 0 fully saturated rings. The monoisotopic (exact) mass is 666 g/mol. The van der Waals surface area contributed by atoms with Gasteiger partial charge in [-0.3, -0.25) is 9.59 Å². The largest absolute Gasteiger partial charge is 0.493 e. The summed E-state index contributed by atoms with van der Waals surface area (Å²) in [4.78, 5) is 23.1. The number of nitrogens with one attached hydrogen (secondary N) is 1. The molecule has 37 heavy (non-hydrogen) atoms. The molecule has 2 aromatic rings. The molecule has 1 amide bonds. The second-order valence-electron chi connectivity index (χ2n) is 9.72. The molecule has 0 aliphatic heterocycles. The average molecular weight is 669 g/mol. The maximum absolute atomic E-state index is 12.1. The molecule has 0 radical (unpaired) electrons. The van der Waals surface area contributed by atoms with Gasteiger partial charge in [0.05, 0.1) is 39.6 Å². The van der Waals surface area contributed by atoms with E-state index in [-0.39, 0.29) is 17.0 Å². The highest BCUT2D eigenvalue weighted by atomic mass is 79.9. The summed E-state index contributed by atoms with van der Waals surface area (Å²) in [6, 6.07) is 6.53. The van der Waals surface area contributed by atoms with Crippen molar-refractivity contribution in [1.29, 1.82) is 0 Å². The van der Waals surface area contributed by atoms with E-state index < -0.39 is 5.24 Å². The fourth-order valence-corrected chi connectivity index (χ4v) is 3.72. The molecule has 2 rings (SSSR count). The van der Waals surface area contributed by atoms with Crippen molar-refractivity contribution in [3.8, 4) is 23.0 Å². The van der Waals surface area contributed by atoms with Crippen molar-refractivity contribution >= 4 is 54.6 Å². The van der Waals surface area contributed by atoms with Crippen LogP contribution in [0.2, 0.25) is 0 Å². The Kier molecular flexibility index (Phi) is 14.6. The molecular formula is C26H37Br2ClN2O6. The molecule has 3 N–H and O–H groups in total. The van der Waals surface area contributed by atoms with Crippen LogP contribution in [0.5, 0.6) is 23.0 Å². The highest BCUT2D eigenvalue weighted by Crippen LogP contribution is 2.34. The summed E-state index contributed by atoms with van der Waals surface area (Å²) >= 11 is 11.9. The Hall–Kier alpha value is -2.01. The van der Waals surface area contributed by atoms with Gasteiger partial charge in [0.25, 0.3) is 11.1 Å². The smallest absolute Gasteiger partial charge is 0.253 e. The molecule has 11 heteroatoms. The van der Waals surface area contributed by atoms with Crippen LogP contribution in [0.25, 0.3) is 0 Å². The molecule has 208 valence electrons. The van der Waals surface area contributed by atoms with Crippen LogP contribution in [0.15, 0.2) is 33.2 Å². The van der Waals surface area contributed by atoms with Crippen molar-refractivity contribution in [2.24, 2.45) is 5.73 Å². The molecule has 0 aliphatic rings. The standard InChI is InChI=1S/C13H18BrNO3.C9H8BrClO3.C4H11N/c1-13(2,3)15-12(16)8-6-10(17-4)11(18-5)7-9(8)14;1-13-7-3-5(9(11)12)6(10)4-8(7)14-2;1-4(2,3)5/h6-7H,1-5H3,(H,15,16);3-4H,1-2H3;5H2,1-3H3. The molecule has 0 atom stereocenters. The van der Waals surface area contributed by atoms with Gasteiger partial charge in [-0.2, -0.15) is 0 Å². The Morgan fingerprint density at radius 2 is 1.03 bits per heavy atom. The number of hydrogen-bond donors (Lipinski definition) is 2. The zero-order valence-corrected chi connectivity index (χ0v) is 26.9. The Morgan fingerprint density at radius 3 is 1.32 bits per heavy atom. The molecule has 8 nitrogen and oxygen atoms in total. The zero-order valence-electron chi connectivity index (χ0n) is 23.0. The molecule has 0 aromatic heterocycles. The minimum absolute atomic E-state index is 0. The van der Waals surface area contributed by atoms with E-state index >= 15 is 0 Å². The number of ether oxygens (including phenoxy) is 4. The lowest BCUT2D eigenvalue weighted by molar-refractivity contribution is 0.0918. The number of nitrogens with two attached hydrogens (primary N) is 1. The van der Waals surface area contributed by atoms with Crippen LogP contribution in [0.1, 0.15) is 62.3 Å². The van der Waals surface area contributed by atoms with Gasteiger partial charge in [0.2, 0.25) is 0 Å². The molecule has 0 unspecified atom stereocenters. The van der Waals surface area contributed by atoms with E-state index in [1.165, 1.54) is 27.4 Å². The van der Waals surface area contributed by atoms with Gasteiger partial charge < -0.3 is 30.0 Å². The van der Waals surface area contributed by atoms with Crippen molar-refractivity contribution in [1.82, 2.24) is 5.32 Å². The van der Waals surface area contributed by atoms with Gasteiger partial charge in [0.1, 0.15) is 0 Å². The summed E-state index contributed by atoms with van der Waals surface area (Å²) in [5.74, 6) is 1.97. The maximum atomic E-state index is 12.1. The minimum atomic E-state index is -0.544. The quantitative estimate of drug-likeness (QED) is 0.335. The molecule has 2 aromatic carbocycles. The summed E-state index contributed by atoms with van der Waals surface area (Å²) in [6.07, 6.45) is 0. The SMILES string of the molecule is CC(C)(C)N.COc1cc(Br)c(C(=O)Cl)cc1OC.COc1cc(Br)c(C(=O)NC(C)(C)C)cc1OC. The van der Waals surface area contributed by atoms with E-state index in [0.717, 1.165) is 0 Å². The van der Waals surface area contributed by atoms with E-state index in [0.29, 0.717) is 43.1 Å². The molecule has 0 heterocycles. The van der Waals surface area contributed by atoms with Gasteiger partial charge in [-0.25, -0.2) is 0 Å². The third-order valence-corrected chi connectivity index (χ3v) is 5.41. The first-order chi connectivity index (χ1) is 16.9. The number of amides is 1. The van der Waals surface area contributed by atoms with Crippen molar-refractivity contribution in [2.45, 2.75) is 52.6 Å². The topological polar surface area (TPSA) is 109 Å². The minimum Gasteiger partial charge on any atom is -0.493 e. The fourth-order valence-electron chi connectivity index (χ4n) is 2.44. The van der Waals surface area contributed by atoms with E-state index in [1.54, 1.807) is 25.3 Å². The van der Waals surface area contributed by atoms with Crippen molar-refractivity contribution in [3.05, 3.63) is 44.3 Å². The lowest BCUT2D eigenvalue weighted by Gasteiger charge is -2.21. The predicted octanol–water partition coefficient (Wildman–Crippen LogP) is 6.58. The first-order valence-corrected chi connectivity index (χ1v) is 13.0. The van der Waals surface area contributed by atoms with Crippen molar-refractivity contribution < 1.29 is 28.5 Å². The summed E-state index contributed by atoms with van der Waals surface area (Å²) in [6.45, 7) is 11.7. The number of rotatable bonds is 6. The number of benzene rings is 2. The highest BCUT2D eigenvalue weighted by molar-refractivity contribution is 9.10. The van der Waals surface area contributed by atoms with Crippen LogP contribution in [0.3, 0.4) is 0 Å². The fraction of sp³-hybridized carbons (Fsp3) is 0.462. The highest BCUT2D eigenvalue weighted by Gasteiger charge is 2.20. The maximum Gasteiger partial charge on any atom is 0.253 e. The molecule has 0 aliphatic carbocycles. The second kappa shape index (κ2) is 15.4. The third-order valence-electron chi connectivity index (χ3n) is 3.89. The van der Waals surface area contributed by atoms with Crippen LogP contribution in [-0.4, -0.2) is 50.7 Å². The van der Waals surface area contributed by atoms with Crippen LogP contribution in [-0.2, 0) is 0 Å². The number of carbonyl (C=O) groups is 2. The summed E-state index contributed by atoms with van der Waals surface area (Å²) < 4.78 is 21.7. The van der Waals surface area contributed by atoms with Crippen molar-refractivity contribution in [3.63, 3.8) is 0 Å². The number of halogens is 3. The Labute approximate surface area is 241 Å². The third kappa shape index (κ3) is 13.4. The van der Waals surface area contributed by atoms with Crippen molar-refractivity contribution in [2.75, 3.05) is 28.4 Å². The molecular weight excluding hydrogens is 632 g/mol. The first kappa shape index (κ1) is 35.0. The molecule has 0 bridgehead atoms. The molecule has 0 saturated heterocycles. The zero-order chi connectivity index (χ0) is 29.1. The normalized spacial score (nSPS) is 10.6. The summed E-state index contributed by atoms with van der Waals surface area (Å²) in [5, 5.41) is 2.36. The molecule has 0 saturated carbocycles. The van der Waals surface area contributed by atoms with Gasteiger partial charge in [-0.1, -0.05) is 0 Å².